The van der Waals surface area contributed by atoms with Gasteiger partial charge in [-0.2, -0.15) is 0 Å². The van der Waals surface area contributed by atoms with Crippen LogP contribution in [-0.2, 0) is 4.74 Å². The molecule has 2 rings (SSSR count). The summed E-state index contributed by atoms with van der Waals surface area (Å²) in [5, 5.41) is 11.5. The molecule has 0 saturated heterocycles. The highest BCUT2D eigenvalue weighted by atomic mass is 16.5. The zero-order chi connectivity index (χ0) is 10.0. The molecule has 0 radical (unpaired) electrons. The Morgan fingerprint density at radius 1 is 1.50 bits per heavy atom. The second-order valence-corrected chi connectivity index (χ2v) is 4.73. The van der Waals surface area contributed by atoms with Crippen LogP contribution in [0.15, 0.2) is 5.16 Å². The summed E-state index contributed by atoms with van der Waals surface area (Å²) in [7, 11) is 0. The Morgan fingerprint density at radius 2 is 2.21 bits per heavy atom. The van der Waals surface area contributed by atoms with Crippen molar-refractivity contribution in [1.82, 2.24) is 0 Å². The van der Waals surface area contributed by atoms with Crippen molar-refractivity contribution in [3.8, 4) is 0 Å². The number of nitrogens with zero attached hydrogens (tertiary/aromatic N) is 1. The molecule has 0 bridgehead atoms. The summed E-state index contributed by atoms with van der Waals surface area (Å²) in [6.45, 7) is 1.68. The van der Waals surface area contributed by atoms with E-state index >= 15 is 0 Å². The lowest BCUT2D eigenvalue weighted by atomic mass is 10.0. The topological polar surface area (TPSA) is 67.8 Å². The Kier molecular flexibility index (Phi) is 2.63. The molecule has 2 aliphatic rings. The van der Waals surface area contributed by atoms with Crippen LogP contribution >= 0.6 is 0 Å². The van der Waals surface area contributed by atoms with Gasteiger partial charge in [0.15, 0.2) is 0 Å². The van der Waals surface area contributed by atoms with Crippen LogP contribution in [0.4, 0.5) is 0 Å². The average Bonchev–Trinajstić information content (AvgIpc) is 3.03. The molecule has 0 heterocycles. The van der Waals surface area contributed by atoms with E-state index < -0.39 is 0 Å². The van der Waals surface area contributed by atoms with Gasteiger partial charge in [-0.05, 0) is 31.6 Å². The van der Waals surface area contributed by atoms with Gasteiger partial charge in [0.1, 0.15) is 5.84 Å². The van der Waals surface area contributed by atoms with E-state index in [1.54, 1.807) is 0 Å². The number of amidine groups is 1. The molecule has 14 heavy (non-hydrogen) atoms. The molecule has 0 unspecified atom stereocenters. The van der Waals surface area contributed by atoms with Crippen molar-refractivity contribution >= 4 is 5.84 Å². The van der Waals surface area contributed by atoms with Crippen molar-refractivity contribution in [2.75, 3.05) is 13.2 Å². The molecular formula is C10H18N2O2. The Balaban J connectivity index is 1.67. The molecule has 4 nitrogen and oxygen atoms in total. The molecule has 0 amide bonds. The molecule has 0 aromatic rings. The Hall–Kier alpha value is -0.770. The first-order valence-corrected chi connectivity index (χ1v) is 5.28. The van der Waals surface area contributed by atoms with Crippen molar-refractivity contribution in [1.29, 1.82) is 0 Å². The second-order valence-electron chi connectivity index (χ2n) is 4.73. The lowest BCUT2D eigenvalue weighted by molar-refractivity contribution is 0.0843. The summed E-state index contributed by atoms with van der Waals surface area (Å²) in [6.07, 6.45) is 5.62. The largest absolute Gasteiger partial charge is 0.409 e. The predicted octanol–water partition coefficient (Wildman–Crippen LogP) is 1.33. The molecule has 0 atom stereocenters. The van der Waals surface area contributed by atoms with Gasteiger partial charge in [-0.1, -0.05) is 5.16 Å². The first-order valence-electron chi connectivity index (χ1n) is 5.28. The van der Waals surface area contributed by atoms with Gasteiger partial charge in [-0.25, -0.2) is 0 Å². The van der Waals surface area contributed by atoms with E-state index in [9.17, 15) is 0 Å². The summed E-state index contributed by atoms with van der Waals surface area (Å²) in [5.74, 6) is 1.15. The third-order valence-corrected chi connectivity index (χ3v) is 3.10. The normalized spacial score (nSPS) is 25.0. The van der Waals surface area contributed by atoms with Gasteiger partial charge in [-0.15, -0.1) is 0 Å². The monoisotopic (exact) mass is 198 g/mol. The SMILES string of the molecule is NC(CC1(COCC2CC2)CC1)=NO. The van der Waals surface area contributed by atoms with E-state index in [0.717, 1.165) is 32.0 Å². The van der Waals surface area contributed by atoms with Crippen LogP contribution in [0.1, 0.15) is 32.1 Å². The number of rotatable bonds is 6. The molecule has 2 saturated carbocycles. The van der Waals surface area contributed by atoms with Gasteiger partial charge in [0.05, 0.1) is 6.61 Å². The highest BCUT2D eigenvalue weighted by molar-refractivity contribution is 5.80. The lowest BCUT2D eigenvalue weighted by Crippen LogP contribution is -2.21. The molecule has 2 aliphatic carbocycles. The minimum absolute atomic E-state index is 0.200. The fourth-order valence-electron chi connectivity index (χ4n) is 1.70. The van der Waals surface area contributed by atoms with Crippen LogP contribution < -0.4 is 5.73 Å². The molecule has 0 spiro atoms. The summed E-state index contributed by atoms with van der Waals surface area (Å²) in [4.78, 5) is 0. The second kappa shape index (κ2) is 3.77. The van der Waals surface area contributed by atoms with E-state index in [2.05, 4.69) is 5.16 Å². The summed E-state index contributed by atoms with van der Waals surface area (Å²) < 4.78 is 5.64. The van der Waals surface area contributed by atoms with Crippen LogP contribution in [0.3, 0.4) is 0 Å². The smallest absolute Gasteiger partial charge is 0.139 e. The third kappa shape index (κ3) is 2.61. The van der Waals surface area contributed by atoms with E-state index in [0.29, 0.717) is 12.3 Å². The number of nitrogens with two attached hydrogens (primary N) is 1. The maximum absolute atomic E-state index is 8.47. The van der Waals surface area contributed by atoms with Gasteiger partial charge < -0.3 is 15.7 Å². The number of oxime groups is 1. The van der Waals surface area contributed by atoms with E-state index in [1.807, 2.05) is 0 Å². The minimum atomic E-state index is 0.200. The quantitative estimate of drug-likeness (QED) is 0.293. The van der Waals surface area contributed by atoms with Crippen molar-refractivity contribution < 1.29 is 9.94 Å². The number of ether oxygens (including phenoxy) is 1. The van der Waals surface area contributed by atoms with Gasteiger partial charge in [-0.3, -0.25) is 0 Å². The first kappa shape index (κ1) is 9.77. The van der Waals surface area contributed by atoms with Crippen LogP contribution in [0, 0.1) is 11.3 Å². The standard InChI is InChI=1S/C10H18N2O2/c11-9(12-13)5-10(3-4-10)7-14-6-8-1-2-8/h8,13H,1-7H2,(H2,11,12). The molecule has 0 aliphatic heterocycles. The zero-order valence-corrected chi connectivity index (χ0v) is 8.41. The molecule has 3 N–H and O–H groups in total. The first-order chi connectivity index (χ1) is 6.74. The maximum Gasteiger partial charge on any atom is 0.139 e. The van der Waals surface area contributed by atoms with Gasteiger partial charge in [0.25, 0.3) is 0 Å². The van der Waals surface area contributed by atoms with Gasteiger partial charge in [0, 0.05) is 18.4 Å². The highest BCUT2D eigenvalue weighted by Crippen LogP contribution is 2.49. The van der Waals surface area contributed by atoms with E-state index in [-0.39, 0.29) is 5.41 Å². The fourth-order valence-corrected chi connectivity index (χ4v) is 1.70. The van der Waals surface area contributed by atoms with Crippen LogP contribution in [-0.4, -0.2) is 24.3 Å². The molecule has 4 heteroatoms. The maximum atomic E-state index is 8.47. The lowest BCUT2D eigenvalue weighted by Gasteiger charge is -2.13. The van der Waals surface area contributed by atoms with Gasteiger partial charge >= 0.3 is 0 Å². The minimum Gasteiger partial charge on any atom is -0.409 e. The summed E-state index contributed by atoms with van der Waals surface area (Å²) in [6, 6.07) is 0. The Bertz CT molecular complexity index is 232. The highest BCUT2D eigenvalue weighted by Gasteiger charge is 2.43. The van der Waals surface area contributed by atoms with Gasteiger partial charge in [0.2, 0.25) is 0 Å². The summed E-state index contributed by atoms with van der Waals surface area (Å²) >= 11 is 0. The molecule has 2 fully saturated rings. The Morgan fingerprint density at radius 3 is 2.71 bits per heavy atom. The molecule has 80 valence electrons. The van der Waals surface area contributed by atoms with Crippen LogP contribution in [0.5, 0.6) is 0 Å². The Labute approximate surface area is 84.1 Å². The zero-order valence-electron chi connectivity index (χ0n) is 8.41. The van der Waals surface area contributed by atoms with Crippen molar-refractivity contribution in [2.24, 2.45) is 22.2 Å². The van der Waals surface area contributed by atoms with E-state index in [1.165, 1.54) is 12.8 Å². The third-order valence-electron chi connectivity index (χ3n) is 3.10. The molecular weight excluding hydrogens is 180 g/mol. The summed E-state index contributed by atoms with van der Waals surface area (Å²) in [5.41, 5.74) is 5.69. The number of hydrogen-bond acceptors (Lipinski definition) is 3. The van der Waals surface area contributed by atoms with Crippen molar-refractivity contribution in [3.05, 3.63) is 0 Å². The van der Waals surface area contributed by atoms with Crippen LogP contribution in [0.2, 0.25) is 0 Å². The molecule has 0 aromatic carbocycles. The number of hydrogen-bond donors (Lipinski definition) is 2. The van der Waals surface area contributed by atoms with E-state index in [4.69, 9.17) is 15.7 Å². The molecule has 0 aromatic heterocycles. The fraction of sp³-hybridized carbons (Fsp3) is 0.900. The van der Waals surface area contributed by atoms with Crippen molar-refractivity contribution in [3.63, 3.8) is 0 Å². The van der Waals surface area contributed by atoms with Crippen LogP contribution in [0.25, 0.3) is 0 Å². The predicted molar refractivity (Wildman–Crippen MR) is 53.2 cm³/mol. The van der Waals surface area contributed by atoms with Crippen molar-refractivity contribution in [2.45, 2.75) is 32.1 Å². The average molecular weight is 198 g/mol.